The van der Waals surface area contributed by atoms with Gasteiger partial charge in [0.05, 0.1) is 4.92 Å². The summed E-state index contributed by atoms with van der Waals surface area (Å²) in [6.45, 7) is 6.64. The number of nitriles is 1. The van der Waals surface area contributed by atoms with Crippen LogP contribution in [0.2, 0.25) is 0 Å². The van der Waals surface area contributed by atoms with Crippen LogP contribution in [0.3, 0.4) is 0 Å². The lowest BCUT2D eigenvalue weighted by Gasteiger charge is -2.25. The highest BCUT2D eigenvalue weighted by Crippen LogP contribution is 2.22. The molecule has 0 N–H and O–H groups in total. The largest absolute Gasteiger partial charge is 0.372 e. The van der Waals surface area contributed by atoms with E-state index in [4.69, 9.17) is 5.26 Å². The molecule has 0 radical (unpaired) electrons. The lowest BCUT2D eigenvalue weighted by Crippen LogP contribution is -2.25. The van der Waals surface area contributed by atoms with Crippen molar-refractivity contribution in [3.63, 3.8) is 0 Å². The van der Waals surface area contributed by atoms with Crippen molar-refractivity contribution in [2.24, 2.45) is 0 Å². The standard InChI is InChI=1S/C25H31N3O2/c1-3-5-7-17-27(18-8-6-4-2)24-14-11-21(12-15-24)9-10-22-13-16-25(28(29)30)23(19-22)20-26/h9-16,19H,3-8,17-18H2,1-2H3. The smallest absolute Gasteiger partial charge is 0.287 e. The molecule has 0 heterocycles. The van der Waals surface area contributed by atoms with Crippen molar-refractivity contribution in [1.82, 2.24) is 0 Å². The first-order valence-corrected chi connectivity index (χ1v) is 10.8. The molecule has 0 saturated heterocycles. The van der Waals surface area contributed by atoms with E-state index in [9.17, 15) is 10.1 Å². The Morgan fingerprint density at radius 3 is 2.03 bits per heavy atom. The Morgan fingerprint density at radius 2 is 1.50 bits per heavy atom. The number of nitrogens with zero attached hydrogens (tertiary/aromatic N) is 3. The van der Waals surface area contributed by atoms with Gasteiger partial charge in [-0.25, -0.2) is 0 Å². The molecule has 0 aromatic heterocycles. The van der Waals surface area contributed by atoms with Crippen molar-refractivity contribution < 1.29 is 4.92 Å². The number of nitro benzene ring substituents is 1. The van der Waals surface area contributed by atoms with E-state index in [1.807, 2.05) is 18.2 Å². The minimum atomic E-state index is -0.530. The van der Waals surface area contributed by atoms with Crippen molar-refractivity contribution in [3.8, 4) is 6.07 Å². The maximum atomic E-state index is 11.0. The second-order valence-electron chi connectivity index (χ2n) is 7.47. The fourth-order valence-corrected chi connectivity index (χ4v) is 3.37. The van der Waals surface area contributed by atoms with Gasteiger partial charge in [0.15, 0.2) is 0 Å². The van der Waals surface area contributed by atoms with E-state index in [2.05, 4.69) is 43.0 Å². The fraction of sp³-hybridized carbons (Fsp3) is 0.400. The number of nitro groups is 1. The molecule has 0 amide bonds. The third-order valence-corrected chi connectivity index (χ3v) is 5.13. The molecule has 0 aliphatic rings. The number of hydrogen-bond donors (Lipinski definition) is 0. The zero-order chi connectivity index (χ0) is 21.8. The maximum Gasteiger partial charge on any atom is 0.287 e. The topological polar surface area (TPSA) is 70.2 Å². The molecule has 0 fully saturated rings. The Morgan fingerprint density at radius 1 is 0.933 bits per heavy atom. The second kappa shape index (κ2) is 12.4. The summed E-state index contributed by atoms with van der Waals surface area (Å²) in [5, 5.41) is 20.1. The molecule has 0 saturated carbocycles. The number of unbranched alkanes of at least 4 members (excludes halogenated alkanes) is 4. The molecule has 0 atom stereocenters. The van der Waals surface area contributed by atoms with Crippen LogP contribution < -0.4 is 4.90 Å². The van der Waals surface area contributed by atoms with Gasteiger partial charge in [0.1, 0.15) is 11.6 Å². The first-order chi connectivity index (χ1) is 14.6. The first-order valence-electron chi connectivity index (χ1n) is 10.8. The Balaban J connectivity index is 2.09. The van der Waals surface area contributed by atoms with Gasteiger partial charge < -0.3 is 4.90 Å². The molecule has 2 aromatic carbocycles. The summed E-state index contributed by atoms with van der Waals surface area (Å²) in [4.78, 5) is 12.9. The van der Waals surface area contributed by atoms with Crippen molar-refractivity contribution >= 4 is 23.5 Å². The van der Waals surface area contributed by atoms with Crippen LogP contribution in [0, 0.1) is 21.4 Å². The number of anilines is 1. The molecule has 5 nitrogen and oxygen atoms in total. The summed E-state index contributed by atoms with van der Waals surface area (Å²) >= 11 is 0. The lowest BCUT2D eigenvalue weighted by molar-refractivity contribution is -0.385. The van der Waals surface area contributed by atoms with Crippen molar-refractivity contribution in [2.75, 3.05) is 18.0 Å². The van der Waals surface area contributed by atoms with E-state index < -0.39 is 4.92 Å². The summed E-state index contributed by atoms with van der Waals surface area (Å²) in [5.74, 6) is 0. The Hall–Kier alpha value is -3.13. The van der Waals surface area contributed by atoms with Gasteiger partial charge in [0.2, 0.25) is 0 Å². The quantitative estimate of drug-likeness (QED) is 0.168. The average Bonchev–Trinajstić information content (AvgIpc) is 2.77. The highest BCUT2D eigenvalue weighted by molar-refractivity contribution is 5.72. The molecular formula is C25H31N3O2. The third kappa shape index (κ3) is 7.04. The predicted octanol–water partition coefficient (Wildman–Crippen LogP) is 6.82. The summed E-state index contributed by atoms with van der Waals surface area (Å²) in [6.07, 6.45) is 11.2. The van der Waals surface area contributed by atoms with E-state index in [0.717, 1.165) is 24.2 Å². The van der Waals surface area contributed by atoms with Crippen LogP contribution in [-0.2, 0) is 0 Å². The van der Waals surface area contributed by atoms with Gasteiger partial charge in [-0.05, 0) is 48.2 Å². The number of hydrogen-bond acceptors (Lipinski definition) is 4. The second-order valence-corrected chi connectivity index (χ2v) is 7.47. The average molecular weight is 406 g/mol. The molecule has 0 aliphatic carbocycles. The highest BCUT2D eigenvalue weighted by atomic mass is 16.6. The van der Waals surface area contributed by atoms with E-state index in [0.29, 0.717) is 0 Å². The molecule has 5 heteroatoms. The van der Waals surface area contributed by atoms with Crippen molar-refractivity contribution in [1.29, 1.82) is 5.26 Å². The summed E-state index contributed by atoms with van der Waals surface area (Å²) in [5.41, 5.74) is 2.98. The summed E-state index contributed by atoms with van der Waals surface area (Å²) in [7, 11) is 0. The highest BCUT2D eigenvalue weighted by Gasteiger charge is 2.12. The number of benzene rings is 2. The van der Waals surface area contributed by atoms with Gasteiger partial charge in [0.25, 0.3) is 5.69 Å². The Bertz CT molecular complexity index is 872. The third-order valence-electron chi connectivity index (χ3n) is 5.13. The number of rotatable bonds is 12. The van der Waals surface area contributed by atoms with Crippen LogP contribution in [0.15, 0.2) is 42.5 Å². The Labute approximate surface area is 179 Å². The fourth-order valence-electron chi connectivity index (χ4n) is 3.37. The van der Waals surface area contributed by atoms with Crippen LogP contribution in [-0.4, -0.2) is 18.0 Å². The van der Waals surface area contributed by atoms with Gasteiger partial charge in [-0.2, -0.15) is 5.26 Å². The summed E-state index contributed by atoms with van der Waals surface area (Å²) < 4.78 is 0. The summed E-state index contributed by atoms with van der Waals surface area (Å²) in [6, 6.07) is 15.0. The molecule has 0 unspecified atom stereocenters. The van der Waals surface area contributed by atoms with Gasteiger partial charge in [0, 0.05) is 24.8 Å². The van der Waals surface area contributed by atoms with E-state index in [-0.39, 0.29) is 11.3 Å². The van der Waals surface area contributed by atoms with Gasteiger partial charge in [-0.3, -0.25) is 10.1 Å². The first kappa shape index (κ1) is 23.2. The lowest BCUT2D eigenvalue weighted by atomic mass is 10.1. The molecule has 158 valence electrons. The molecule has 0 spiro atoms. The zero-order valence-electron chi connectivity index (χ0n) is 18.0. The van der Waals surface area contributed by atoms with Crippen LogP contribution in [0.5, 0.6) is 0 Å². The molecule has 0 bridgehead atoms. The van der Waals surface area contributed by atoms with Crippen LogP contribution in [0.1, 0.15) is 69.1 Å². The maximum absolute atomic E-state index is 11.0. The van der Waals surface area contributed by atoms with Gasteiger partial charge >= 0.3 is 0 Å². The van der Waals surface area contributed by atoms with E-state index in [1.54, 1.807) is 12.1 Å². The molecule has 2 rings (SSSR count). The normalized spacial score (nSPS) is 10.8. The monoisotopic (exact) mass is 405 g/mol. The molecule has 2 aromatic rings. The van der Waals surface area contributed by atoms with Crippen molar-refractivity contribution in [3.05, 3.63) is 69.3 Å². The van der Waals surface area contributed by atoms with Crippen LogP contribution in [0.4, 0.5) is 11.4 Å². The molecular weight excluding hydrogens is 374 g/mol. The van der Waals surface area contributed by atoms with Gasteiger partial charge in [-0.15, -0.1) is 0 Å². The van der Waals surface area contributed by atoms with Crippen molar-refractivity contribution in [2.45, 2.75) is 52.4 Å². The van der Waals surface area contributed by atoms with E-state index in [1.165, 1.54) is 50.3 Å². The van der Waals surface area contributed by atoms with E-state index >= 15 is 0 Å². The Kier molecular flexibility index (Phi) is 9.60. The van der Waals surface area contributed by atoms with Crippen LogP contribution >= 0.6 is 0 Å². The zero-order valence-corrected chi connectivity index (χ0v) is 18.0. The van der Waals surface area contributed by atoms with Crippen LogP contribution in [0.25, 0.3) is 12.2 Å². The minimum absolute atomic E-state index is 0.0762. The molecule has 0 aliphatic heterocycles. The molecule has 30 heavy (non-hydrogen) atoms. The minimum Gasteiger partial charge on any atom is -0.372 e. The van der Waals surface area contributed by atoms with Gasteiger partial charge in [-0.1, -0.05) is 63.8 Å². The predicted molar refractivity (Wildman–Crippen MR) is 124 cm³/mol. The SMILES string of the molecule is CCCCCN(CCCCC)c1ccc(C=Cc2ccc([N+](=O)[O-])c(C#N)c2)cc1.